The Kier molecular flexibility index (Phi) is 4.23. The molecule has 0 spiro atoms. The minimum atomic E-state index is -0.137. The molecule has 1 N–H and O–H groups in total. The highest BCUT2D eigenvalue weighted by Crippen LogP contribution is 2.25. The van der Waals surface area contributed by atoms with Crippen LogP contribution in [0.2, 0.25) is 0 Å². The largest absolute Gasteiger partial charge is 0.508 e. The van der Waals surface area contributed by atoms with Gasteiger partial charge in [0.25, 0.3) is 5.91 Å². The van der Waals surface area contributed by atoms with Crippen LogP contribution < -0.4 is 4.74 Å². The number of aromatic nitrogens is 1. The van der Waals surface area contributed by atoms with Crippen molar-refractivity contribution in [1.29, 1.82) is 0 Å². The number of amides is 1. The predicted molar refractivity (Wildman–Crippen MR) is 83.4 cm³/mol. The topological polar surface area (TPSA) is 75.8 Å². The van der Waals surface area contributed by atoms with Gasteiger partial charge < -0.3 is 19.3 Å². The lowest BCUT2D eigenvalue weighted by molar-refractivity contribution is 0.0733. The summed E-state index contributed by atoms with van der Waals surface area (Å²) in [6.45, 7) is 5.66. The first-order chi connectivity index (χ1) is 11.0. The molecule has 0 aliphatic carbocycles. The van der Waals surface area contributed by atoms with Crippen LogP contribution in [0.5, 0.6) is 11.5 Å². The second-order valence-corrected chi connectivity index (χ2v) is 6.18. The smallest absolute Gasteiger partial charge is 0.254 e. The molecule has 0 fully saturated rings. The number of rotatable bonds is 4. The van der Waals surface area contributed by atoms with Gasteiger partial charge in [-0.05, 0) is 18.1 Å². The molecule has 2 aromatic rings. The Balaban J connectivity index is 1.77. The summed E-state index contributed by atoms with van der Waals surface area (Å²) in [5.41, 5.74) is 2.26. The number of aromatic hydroxyl groups is 1. The summed E-state index contributed by atoms with van der Waals surface area (Å²) in [7, 11) is 0. The highest BCUT2D eigenvalue weighted by molar-refractivity contribution is 5.95. The summed E-state index contributed by atoms with van der Waals surface area (Å²) < 4.78 is 10.6. The fourth-order valence-corrected chi connectivity index (χ4v) is 2.55. The summed E-state index contributed by atoms with van der Waals surface area (Å²) in [6, 6.07) is 4.66. The van der Waals surface area contributed by atoms with Gasteiger partial charge in [0.2, 0.25) is 0 Å². The van der Waals surface area contributed by atoms with E-state index in [1.165, 1.54) is 12.1 Å². The van der Waals surface area contributed by atoms with Crippen LogP contribution in [0.25, 0.3) is 0 Å². The van der Waals surface area contributed by atoms with Crippen LogP contribution in [0, 0.1) is 5.92 Å². The van der Waals surface area contributed by atoms with Gasteiger partial charge in [0.1, 0.15) is 17.8 Å². The number of fused-ring (bicyclic) bond motifs is 1. The van der Waals surface area contributed by atoms with E-state index in [1.54, 1.807) is 17.2 Å². The molecule has 0 saturated heterocycles. The third-order valence-corrected chi connectivity index (χ3v) is 3.72. The predicted octanol–water partition coefficient (Wildman–Crippen LogP) is 2.61. The SMILES string of the molecule is CC(C)COc1cc(O)cc(C(=O)N2CCc3nocc3C2)c1. The van der Waals surface area contributed by atoms with E-state index in [0.717, 1.165) is 11.3 Å². The van der Waals surface area contributed by atoms with Gasteiger partial charge in [0.15, 0.2) is 0 Å². The lowest BCUT2D eigenvalue weighted by Crippen LogP contribution is -2.35. The molecule has 1 amide bonds. The number of phenols is 1. The Morgan fingerprint density at radius 2 is 2.26 bits per heavy atom. The average molecular weight is 316 g/mol. The Labute approximate surface area is 134 Å². The van der Waals surface area contributed by atoms with Crippen LogP contribution in [0.4, 0.5) is 0 Å². The highest BCUT2D eigenvalue weighted by atomic mass is 16.5. The van der Waals surface area contributed by atoms with Crippen LogP contribution in [-0.2, 0) is 13.0 Å². The van der Waals surface area contributed by atoms with Crippen molar-refractivity contribution >= 4 is 5.91 Å². The number of carbonyl (C=O) groups excluding carboxylic acids is 1. The van der Waals surface area contributed by atoms with Gasteiger partial charge in [0.05, 0.1) is 18.8 Å². The van der Waals surface area contributed by atoms with Crippen molar-refractivity contribution in [2.45, 2.75) is 26.8 Å². The number of benzene rings is 1. The molecule has 0 saturated carbocycles. The maximum absolute atomic E-state index is 12.7. The quantitative estimate of drug-likeness (QED) is 0.938. The molecular weight excluding hydrogens is 296 g/mol. The standard InChI is InChI=1S/C17H20N2O4/c1-11(2)9-22-15-6-12(5-14(20)7-15)17(21)19-4-3-16-13(8-19)10-23-18-16/h5-7,10-11,20H,3-4,8-9H2,1-2H3. The third-order valence-electron chi connectivity index (χ3n) is 3.72. The van der Waals surface area contributed by atoms with Gasteiger partial charge in [-0.1, -0.05) is 19.0 Å². The molecule has 1 aromatic heterocycles. The molecule has 1 aromatic carbocycles. The molecule has 0 bridgehead atoms. The first-order valence-electron chi connectivity index (χ1n) is 7.71. The molecule has 0 unspecified atom stereocenters. The molecule has 6 heteroatoms. The minimum absolute atomic E-state index is 0.0253. The number of ether oxygens (including phenoxy) is 1. The Bertz CT molecular complexity index is 708. The highest BCUT2D eigenvalue weighted by Gasteiger charge is 2.24. The molecule has 3 rings (SSSR count). The van der Waals surface area contributed by atoms with Crippen LogP contribution in [-0.4, -0.2) is 34.2 Å². The van der Waals surface area contributed by atoms with Gasteiger partial charge in [-0.3, -0.25) is 4.79 Å². The summed E-state index contributed by atoms with van der Waals surface area (Å²) in [5.74, 6) is 0.759. The monoisotopic (exact) mass is 316 g/mol. The first kappa shape index (κ1) is 15.4. The lowest BCUT2D eigenvalue weighted by Gasteiger charge is -2.26. The van der Waals surface area contributed by atoms with Crippen LogP contribution in [0.3, 0.4) is 0 Å². The second kappa shape index (κ2) is 6.32. The number of phenolic OH excluding ortho intramolecular Hbond substituents is 1. The van der Waals surface area contributed by atoms with Gasteiger partial charge in [-0.15, -0.1) is 0 Å². The molecular formula is C17H20N2O4. The average Bonchev–Trinajstić information content (AvgIpc) is 2.99. The minimum Gasteiger partial charge on any atom is -0.508 e. The summed E-state index contributed by atoms with van der Waals surface area (Å²) in [6.07, 6.45) is 2.25. The molecule has 1 aliphatic rings. The Hall–Kier alpha value is -2.50. The lowest BCUT2D eigenvalue weighted by atomic mass is 10.1. The van der Waals surface area contributed by atoms with Crippen molar-refractivity contribution in [3.8, 4) is 11.5 Å². The van der Waals surface area contributed by atoms with Gasteiger partial charge in [-0.25, -0.2) is 0 Å². The molecule has 1 aliphatic heterocycles. The number of hydrogen-bond donors (Lipinski definition) is 1. The fourth-order valence-electron chi connectivity index (χ4n) is 2.55. The van der Waals surface area contributed by atoms with E-state index in [2.05, 4.69) is 5.16 Å². The number of carbonyl (C=O) groups is 1. The van der Waals surface area contributed by atoms with Crippen molar-refractivity contribution < 1.29 is 19.2 Å². The zero-order valence-corrected chi connectivity index (χ0v) is 13.3. The third kappa shape index (κ3) is 3.47. The molecule has 0 atom stereocenters. The van der Waals surface area contributed by atoms with Gasteiger partial charge in [0, 0.05) is 30.2 Å². The van der Waals surface area contributed by atoms with Crippen molar-refractivity contribution in [3.63, 3.8) is 0 Å². The van der Waals surface area contributed by atoms with Crippen LogP contribution >= 0.6 is 0 Å². The second-order valence-electron chi connectivity index (χ2n) is 6.18. The molecule has 23 heavy (non-hydrogen) atoms. The maximum Gasteiger partial charge on any atom is 0.254 e. The van der Waals surface area contributed by atoms with E-state index >= 15 is 0 Å². The van der Waals surface area contributed by atoms with E-state index in [-0.39, 0.29) is 11.7 Å². The molecule has 2 heterocycles. The van der Waals surface area contributed by atoms with Gasteiger partial charge >= 0.3 is 0 Å². The summed E-state index contributed by atoms with van der Waals surface area (Å²) >= 11 is 0. The van der Waals surface area contributed by atoms with E-state index < -0.39 is 0 Å². The normalized spacial score (nSPS) is 14.0. The fraction of sp³-hybridized carbons (Fsp3) is 0.412. The van der Waals surface area contributed by atoms with Crippen molar-refractivity contribution in [2.24, 2.45) is 5.92 Å². The van der Waals surface area contributed by atoms with Crippen LogP contribution in [0.1, 0.15) is 35.5 Å². The van der Waals surface area contributed by atoms with Crippen molar-refractivity contribution in [3.05, 3.63) is 41.3 Å². The van der Waals surface area contributed by atoms with E-state index in [0.29, 0.717) is 43.3 Å². The molecule has 6 nitrogen and oxygen atoms in total. The summed E-state index contributed by atoms with van der Waals surface area (Å²) in [5, 5.41) is 13.8. The van der Waals surface area contributed by atoms with Crippen molar-refractivity contribution in [1.82, 2.24) is 10.1 Å². The molecule has 122 valence electrons. The van der Waals surface area contributed by atoms with Crippen LogP contribution in [0.15, 0.2) is 29.0 Å². The zero-order valence-electron chi connectivity index (χ0n) is 13.3. The number of hydrogen-bond acceptors (Lipinski definition) is 5. The van der Waals surface area contributed by atoms with E-state index in [1.807, 2.05) is 13.8 Å². The first-order valence-corrected chi connectivity index (χ1v) is 7.71. The number of nitrogens with zero attached hydrogens (tertiary/aromatic N) is 2. The Morgan fingerprint density at radius 1 is 1.43 bits per heavy atom. The van der Waals surface area contributed by atoms with E-state index in [9.17, 15) is 9.90 Å². The Morgan fingerprint density at radius 3 is 3.04 bits per heavy atom. The van der Waals surface area contributed by atoms with Gasteiger partial charge in [-0.2, -0.15) is 0 Å². The van der Waals surface area contributed by atoms with Crippen molar-refractivity contribution in [2.75, 3.05) is 13.2 Å². The molecule has 0 radical (unpaired) electrons. The summed E-state index contributed by atoms with van der Waals surface area (Å²) in [4.78, 5) is 14.4. The van der Waals surface area contributed by atoms with E-state index in [4.69, 9.17) is 9.26 Å². The maximum atomic E-state index is 12.7. The zero-order chi connectivity index (χ0) is 16.4.